The molecule has 9 heteroatoms. The lowest BCUT2D eigenvalue weighted by atomic mass is 9.91. The first-order chi connectivity index (χ1) is 14.7. The summed E-state index contributed by atoms with van der Waals surface area (Å²) in [4.78, 5) is 23.9. The first-order valence-electron chi connectivity index (χ1n) is 9.67. The zero-order chi connectivity index (χ0) is 22.8. The molecule has 0 aliphatic carbocycles. The number of fused-ring (bicyclic) bond motifs is 1. The van der Waals surface area contributed by atoms with Crippen LogP contribution in [-0.4, -0.2) is 52.3 Å². The Bertz CT molecular complexity index is 1110. The number of rotatable bonds is 7. The van der Waals surface area contributed by atoms with Gasteiger partial charge in [0, 0.05) is 12.1 Å². The molecule has 2 aromatic rings. The van der Waals surface area contributed by atoms with Gasteiger partial charge in [-0.1, -0.05) is 12.1 Å². The SMILES string of the molecule is COC(=O)CC1c2cc(OC)c(OC)cc2CCN1S(=O)(=O)c1cccc(C(C)=O)c1. The lowest BCUT2D eigenvalue weighted by molar-refractivity contribution is -0.141. The molecule has 1 aliphatic rings. The molecule has 0 radical (unpaired) electrons. The van der Waals surface area contributed by atoms with Crippen LogP contribution in [-0.2, 0) is 26.0 Å². The van der Waals surface area contributed by atoms with Crippen LogP contribution in [0.1, 0.15) is 40.9 Å². The summed E-state index contributed by atoms with van der Waals surface area (Å²) in [5.74, 6) is 0.201. The van der Waals surface area contributed by atoms with E-state index in [1.54, 1.807) is 18.2 Å². The summed E-state index contributed by atoms with van der Waals surface area (Å²) < 4.78 is 43.9. The molecule has 1 aliphatic heterocycles. The Balaban J connectivity index is 2.12. The van der Waals surface area contributed by atoms with Crippen LogP contribution in [0, 0.1) is 0 Å². The fraction of sp³-hybridized carbons (Fsp3) is 0.364. The Kier molecular flexibility index (Phi) is 6.66. The highest BCUT2D eigenvalue weighted by Gasteiger charge is 2.38. The van der Waals surface area contributed by atoms with Crippen LogP contribution < -0.4 is 9.47 Å². The normalized spacial score (nSPS) is 16.3. The van der Waals surface area contributed by atoms with E-state index < -0.39 is 22.0 Å². The smallest absolute Gasteiger partial charge is 0.307 e. The Morgan fingerprint density at radius 3 is 2.35 bits per heavy atom. The highest BCUT2D eigenvalue weighted by Crippen LogP contribution is 2.41. The Labute approximate surface area is 181 Å². The maximum Gasteiger partial charge on any atom is 0.307 e. The molecule has 1 atom stereocenters. The number of esters is 1. The fourth-order valence-electron chi connectivity index (χ4n) is 3.76. The van der Waals surface area contributed by atoms with Gasteiger partial charge in [0.1, 0.15) is 0 Å². The minimum Gasteiger partial charge on any atom is -0.493 e. The highest BCUT2D eigenvalue weighted by atomic mass is 32.2. The van der Waals surface area contributed by atoms with Crippen LogP contribution in [0.3, 0.4) is 0 Å². The molecule has 0 spiro atoms. The summed E-state index contributed by atoms with van der Waals surface area (Å²) in [6.07, 6.45) is 0.267. The molecule has 3 rings (SSSR count). The number of methoxy groups -OCH3 is 3. The number of hydrogen-bond donors (Lipinski definition) is 0. The molecule has 2 aromatic carbocycles. The van der Waals surface area contributed by atoms with Crippen molar-refractivity contribution in [3.63, 3.8) is 0 Å². The number of hydrogen-bond acceptors (Lipinski definition) is 7. The van der Waals surface area contributed by atoms with Crippen LogP contribution in [0.15, 0.2) is 41.3 Å². The van der Waals surface area contributed by atoms with Gasteiger partial charge in [-0.05, 0) is 48.7 Å². The van der Waals surface area contributed by atoms with E-state index in [4.69, 9.17) is 14.2 Å². The Morgan fingerprint density at radius 1 is 1.06 bits per heavy atom. The summed E-state index contributed by atoms with van der Waals surface area (Å²) in [5, 5.41) is 0. The van der Waals surface area contributed by atoms with Crippen molar-refractivity contribution in [3.05, 3.63) is 53.1 Å². The standard InChI is InChI=1S/C22H25NO7S/c1-14(24)15-6-5-7-17(10-15)31(26,27)23-9-8-16-11-20(28-2)21(29-3)12-18(16)19(23)13-22(25)30-4/h5-7,10-12,19H,8-9,13H2,1-4H3. The van der Waals surface area contributed by atoms with Gasteiger partial charge in [0.25, 0.3) is 0 Å². The summed E-state index contributed by atoms with van der Waals surface area (Å²) in [7, 11) is 0.278. The predicted molar refractivity (Wildman–Crippen MR) is 113 cm³/mol. The third-order valence-corrected chi connectivity index (χ3v) is 7.29. The molecular formula is C22H25NO7S. The van der Waals surface area contributed by atoms with E-state index in [1.807, 2.05) is 0 Å². The zero-order valence-electron chi connectivity index (χ0n) is 17.9. The Morgan fingerprint density at radius 2 is 1.74 bits per heavy atom. The lowest BCUT2D eigenvalue weighted by Gasteiger charge is -2.36. The van der Waals surface area contributed by atoms with Crippen molar-refractivity contribution in [2.24, 2.45) is 0 Å². The van der Waals surface area contributed by atoms with Crippen molar-refractivity contribution in [2.45, 2.75) is 30.7 Å². The number of ether oxygens (including phenoxy) is 3. The summed E-state index contributed by atoms with van der Waals surface area (Å²) in [6, 6.07) is 8.62. The van der Waals surface area contributed by atoms with Crippen molar-refractivity contribution < 1.29 is 32.2 Å². The molecule has 1 heterocycles. The van der Waals surface area contributed by atoms with Gasteiger partial charge < -0.3 is 14.2 Å². The molecule has 166 valence electrons. The van der Waals surface area contributed by atoms with Gasteiger partial charge in [0.05, 0.1) is 38.7 Å². The maximum atomic E-state index is 13.5. The van der Waals surface area contributed by atoms with E-state index in [0.717, 1.165) is 5.56 Å². The van der Waals surface area contributed by atoms with Crippen LogP contribution >= 0.6 is 0 Å². The van der Waals surface area contributed by atoms with Crippen molar-refractivity contribution in [2.75, 3.05) is 27.9 Å². The number of ketones is 1. The van der Waals surface area contributed by atoms with Crippen LogP contribution in [0.4, 0.5) is 0 Å². The van der Waals surface area contributed by atoms with Crippen LogP contribution in [0.2, 0.25) is 0 Å². The van der Waals surface area contributed by atoms with Gasteiger partial charge in [0.15, 0.2) is 17.3 Å². The highest BCUT2D eigenvalue weighted by molar-refractivity contribution is 7.89. The van der Waals surface area contributed by atoms with Crippen molar-refractivity contribution in [1.29, 1.82) is 0 Å². The predicted octanol–water partition coefficient (Wildman–Crippen LogP) is 2.76. The molecule has 0 amide bonds. The van der Waals surface area contributed by atoms with E-state index in [0.29, 0.717) is 29.0 Å². The first kappa shape index (κ1) is 22.8. The maximum absolute atomic E-state index is 13.5. The average Bonchev–Trinajstić information content (AvgIpc) is 2.77. The van der Waals surface area contributed by atoms with E-state index in [1.165, 1.54) is 50.8 Å². The molecule has 0 bridgehead atoms. The van der Waals surface area contributed by atoms with Crippen molar-refractivity contribution in [3.8, 4) is 11.5 Å². The zero-order valence-corrected chi connectivity index (χ0v) is 18.7. The third-order valence-electron chi connectivity index (χ3n) is 5.39. The van der Waals surface area contributed by atoms with Gasteiger partial charge in [-0.2, -0.15) is 4.31 Å². The summed E-state index contributed by atoms with van der Waals surface area (Å²) >= 11 is 0. The summed E-state index contributed by atoms with van der Waals surface area (Å²) in [5.41, 5.74) is 1.82. The first-order valence-corrected chi connectivity index (χ1v) is 11.1. The van der Waals surface area contributed by atoms with Crippen molar-refractivity contribution in [1.82, 2.24) is 4.31 Å². The number of Topliss-reactive ketones (excluding diaryl/α,β-unsaturated/α-hetero) is 1. The lowest BCUT2D eigenvalue weighted by Crippen LogP contribution is -2.41. The van der Waals surface area contributed by atoms with Gasteiger partial charge in [-0.25, -0.2) is 8.42 Å². The quantitative estimate of drug-likeness (QED) is 0.475. The minimum absolute atomic E-state index is 0.000933. The van der Waals surface area contributed by atoms with E-state index >= 15 is 0 Å². The molecule has 0 N–H and O–H groups in total. The largest absolute Gasteiger partial charge is 0.493 e. The van der Waals surface area contributed by atoms with Gasteiger partial charge in [-0.15, -0.1) is 0 Å². The second-order valence-electron chi connectivity index (χ2n) is 7.15. The number of sulfonamides is 1. The summed E-state index contributed by atoms with van der Waals surface area (Å²) in [6.45, 7) is 1.54. The molecule has 1 unspecified atom stereocenters. The number of benzene rings is 2. The third kappa shape index (κ3) is 4.42. The van der Waals surface area contributed by atoms with Crippen LogP contribution in [0.25, 0.3) is 0 Å². The number of carbonyl (C=O) groups excluding carboxylic acids is 2. The van der Waals surface area contributed by atoms with Gasteiger partial charge in [0.2, 0.25) is 10.0 Å². The second-order valence-corrected chi connectivity index (χ2v) is 9.04. The molecule has 0 fully saturated rings. The monoisotopic (exact) mass is 447 g/mol. The molecule has 0 saturated heterocycles. The number of nitrogens with zero attached hydrogens (tertiary/aromatic N) is 1. The van der Waals surface area contributed by atoms with Crippen molar-refractivity contribution >= 4 is 21.8 Å². The topological polar surface area (TPSA) is 99.2 Å². The van der Waals surface area contributed by atoms with E-state index in [9.17, 15) is 18.0 Å². The molecule has 0 saturated carbocycles. The molecule has 0 aromatic heterocycles. The molecule has 8 nitrogen and oxygen atoms in total. The van der Waals surface area contributed by atoms with Gasteiger partial charge in [-0.3, -0.25) is 9.59 Å². The number of carbonyl (C=O) groups is 2. The van der Waals surface area contributed by atoms with Crippen LogP contribution in [0.5, 0.6) is 11.5 Å². The molecular weight excluding hydrogens is 422 g/mol. The minimum atomic E-state index is -4.00. The average molecular weight is 448 g/mol. The second kappa shape index (κ2) is 9.07. The van der Waals surface area contributed by atoms with E-state index in [2.05, 4.69) is 0 Å². The fourth-order valence-corrected chi connectivity index (χ4v) is 5.41. The van der Waals surface area contributed by atoms with E-state index in [-0.39, 0.29) is 23.6 Å². The molecule has 31 heavy (non-hydrogen) atoms. The Hall–Kier alpha value is -2.91. The van der Waals surface area contributed by atoms with Gasteiger partial charge >= 0.3 is 5.97 Å².